The first-order valence-corrected chi connectivity index (χ1v) is 8.24. The zero-order valence-electron chi connectivity index (χ0n) is 11.4. The van der Waals surface area contributed by atoms with Gasteiger partial charge in [-0.25, -0.2) is 0 Å². The SMILES string of the molecule is S=C(Nc1ccc(NC(=S)NC2CC2)c(Cl)c1)NC1CC1. The van der Waals surface area contributed by atoms with Crippen LogP contribution < -0.4 is 21.3 Å². The second-order valence-corrected chi connectivity index (χ2v) is 6.66. The highest BCUT2D eigenvalue weighted by molar-refractivity contribution is 7.80. The number of nitrogens with one attached hydrogen (secondary N) is 4. The lowest BCUT2D eigenvalue weighted by Gasteiger charge is -2.13. The maximum Gasteiger partial charge on any atom is 0.171 e. The zero-order valence-corrected chi connectivity index (χ0v) is 13.8. The molecule has 7 heteroatoms. The lowest BCUT2D eigenvalue weighted by Crippen LogP contribution is -2.30. The molecule has 0 bridgehead atoms. The fourth-order valence-electron chi connectivity index (χ4n) is 1.85. The van der Waals surface area contributed by atoms with E-state index in [2.05, 4.69) is 21.3 Å². The minimum atomic E-state index is 0.524. The highest BCUT2D eigenvalue weighted by Crippen LogP contribution is 2.26. The molecule has 2 aliphatic rings. The number of anilines is 2. The first-order valence-electron chi connectivity index (χ1n) is 7.05. The van der Waals surface area contributed by atoms with Crippen LogP contribution in [0.5, 0.6) is 0 Å². The van der Waals surface area contributed by atoms with Gasteiger partial charge in [-0.15, -0.1) is 0 Å². The van der Waals surface area contributed by atoms with Gasteiger partial charge in [0.05, 0.1) is 10.7 Å². The summed E-state index contributed by atoms with van der Waals surface area (Å²) in [6.07, 6.45) is 4.75. The third-order valence-corrected chi connectivity index (χ3v) is 4.05. The summed E-state index contributed by atoms with van der Waals surface area (Å²) in [4.78, 5) is 0. The van der Waals surface area contributed by atoms with E-state index >= 15 is 0 Å². The Labute approximate surface area is 140 Å². The molecule has 0 heterocycles. The van der Waals surface area contributed by atoms with Crippen molar-refractivity contribution in [3.63, 3.8) is 0 Å². The highest BCUT2D eigenvalue weighted by atomic mass is 35.5. The van der Waals surface area contributed by atoms with Gasteiger partial charge >= 0.3 is 0 Å². The number of hydrogen-bond donors (Lipinski definition) is 4. The molecular formula is C14H17ClN4S2. The van der Waals surface area contributed by atoms with Gasteiger partial charge in [0.1, 0.15) is 0 Å². The standard InChI is InChI=1S/C14H17ClN4S2/c15-11-7-10(18-13(20)16-8-1-2-8)5-6-12(11)19-14(21)17-9-3-4-9/h5-9H,1-4H2,(H2,16,18,20)(H2,17,19,21). The Bertz CT molecular complexity index is 570. The predicted octanol–water partition coefficient (Wildman–Crippen LogP) is 3.24. The predicted molar refractivity (Wildman–Crippen MR) is 96.2 cm³/mol. The van der Waals surface area contributed by atoms with Crippen LogP contribution in [0.25, 0.3) is 0 Å². The summed E-state index contributed by atoms with van der Waals surface area (Å²) in [7, 11) is 0. The van der Waals surface area contributed by atoms with Gasteiger partial charge in [0, 0.05) is 17.8 Å². The molecule has 2 aliphatic carbocycles. The third-order valence-electron chi connectivity index (χ3n) is 3.30. The fourth-order valence-corrected chi connectivity index (χ4v) is 2.63. The molecule has 0 amide bonds. The molecule has 3 rings (SSSR count). The van der Waals surface area contributed by atoms with Crippen molar-refractivity contribution in [2.24, 2.45) is 0 Å². The van der Waals surface area contributed by atoms with Crippen molar-refractivity contribution in [3.8, 4) is 0 Å². The zero-order chi connectivity index (χ0) is 14.8. The maximum absolute atomic E-state index is 6.27. The third kappa shape index (κ3) is 4.69. The van der Waals surface area contributed by atoms with Gasteiger partial charge in [0.2, 0.25) is 0 Å². The summed E-state index contributed by atoms with van der Waals surface area (Å²) in [5.41, 5.74) is 1.66. The van der Waals surface area contributed by atoms with Crippen LogP contribution in [0.15, 0.2) is 18.2 Å². The van der Waals surface area contributed by atoms with Gasteiger partial charge in [-0.3, -0.25) is 0 Å². The van der Waals surface area contributed by atoms with E-state index < -0.39 is 0 Å². The summed E-state index contributed by atoms with van der Waals surface area (Å²) in [5, 5.41) is 14.6. The summed E-state index contributed by atoms with van der Waals surface area (Å²) >= 11 is 16.8. The van der Waals surface area contributed by atoms with Crippen LogP contribution >= 0.6 is 36.0 Å². The van der Waals surface area contributed by atoms with Crippen LogP contribution in [0.4, 0.5) is 11.4 Å². The molecule has 0 atom stereocenters. The van der Waals surface area contributed by atoms with E-state index in [0.29, 0.717) is 27.3 Å². The summed E-state index contributed by atoms with van der Waals surface area (Å²) < 4.78 is 0. The van der Waals surface area contributed by atoms with E-state index in [1.165, 1.54) is 25.7 Å². The van der Waals surface area contributed by atoms with Gasteiger partial charge < -0.3 is 21.3 Å². The number of hydrogen-bond acceptors (Lipinski definition) is 2. The fraction of sp³-hybridized carbons (Fsp3) is 0.429. The molecule has 2 saturated carbocycles. The Kier molecular flexibility index (Phi) is 4.47. The normalized spacial score (nSPS) is 17.0. The van der Waals surface area contributed by atoms with E-state index in [1.807, 2.05) is 18.2 Å². The van der Waals surface area contributed by atoms with Crippen molar-refractivity contribution in [2.75, 3.05) is 10.6 Å². The van der Waals surface area contributed by atoms with E-state index in [-0.39, 0.29) is 0 Å². The highest BCUT2D eigenvalue weighted by Gasteiger charge is 2.22. The molecule has 4 N–H and O–H groups in total. The monoisotopic (exact) mass is 340 g/mol. The molecule has 0 radical (unpaired) electrons. The number of halogens is 1. The van der Waals surface area contributed by atoms with Crippen molar-refractivity contribution in [1.29, 1.82) is 0 Å². The Morgan fingerprint density at radius 2 is 1.52 bits per heavy atom. The molecule has 4 nitrogen and oxygen atoms in total. The van der Waals surface area contributed by atoms with Crippen LogP contribution in [-0.2, 0) is 0 Å². The molecule has 1 aromatic carbocycles. The minimum absolute atomic E-state index is 0.524. The molecule has 1 aromatic rings. The molecule has 0 aromatic heterocycles. The van der Waals surface area contributed by atoms with Crippen molar-refractivity contribution in [2.45, 2.75) is 37.8 Å². The summed E-state index contributed by atoms with van der Waals surface area (Å²) in [6, 6.07) is 6.72. The number of benzene rings is 1. The smallest absolute Gasteiger partial charge is 0.171 e. The van der Waals surface area contributed by atoms with E-state index in [0.717, 1.165) is 11.4 Å². The van der Waals surface area contributed by atoms with Gasteiger partial charge in [0.25, 0.3) is 0 Å². The molecule has 21 heavy (non-hydrogen) atoms. The molecule has 2 fully saturated rings. The van der Waals surface area contributed by atoms with Gasteiger partial charge in [0.15, 0.2) is 10.2 Å². The average Bonchev–Trinajstić information content (AvgIpc) is 3.29. The van der Waals surface area contributed by atoms with E-state index in [1.54, 1.807) is 0 Å². The second-order valence-electron chi connectivity index (χ2n) is 5.44. The van der Waals surface area contributed by atoms with Crippen LogP contribution in [0.1, 0.15) is 25.7 Å². The number of thiocarbonyl (C=S) groups is 2. The Morgan fingerprint density at radius 3 is 2.05 bits per heavy atom. The van der Waals surface area contributed by atoms with Crippen molar-refractivity contribution >= 4 is 57.6 Å². The van der Waals surface area contributed by atoms with E-state index in [9.17, 15) is 0 Å². The largest absolute Gasteiger partial charge is 0.360 e. The summed E-state index contributed by atoms with van der Waals surface area (Å²) in [5.74, 6) is 0. The van der Waals surface area contributed by atoms with Crippen molar-refractivity contribution in [3.05, 3.63) is 23.2 Å². The molecular weight excluding hydrogens is 324 g/mol. The van der Waals surface area contributed by atoms with Gasteiger partial charge in [-0.2, -0.15) is 0 Å². The van der Waals surface area contributed by atoms with Crippen LogP contribution in [0, 0.1) is 0 Å². The minimum Gasteiger partial charge on any atom is -0.360 e. The maximum atomic E-state index is 6.27. The van der Waals surface area contributed by atoms with Crippen molar-refractivity contribution < 1.29 is 0 Å². The van der Waals surface area contributed by atoms with Crippen LogP contribution in [-0.4, -0.2) is 22.3 Å². The molecule has 112 valence electrons. The first-order chi connectivity index (χ1) is 10.1. The van der Waals surface area contributed by atoms with Gasteiger partial charge in [-0.05, 0) is 68.3 Å². The topological polar surface area (TPSA) is 48.1 Å². The summed E-state index contributed by atoms with van der Waals surface area (Å²) in [6.45, 7) is 0. The van der Waals surface area contributed by atoms with Crippen molar-refractivity contribution in [1.82, 2.24) is 10.6 Å². The molecule has 0 unspecified atom stereocenters. The number of rotatable bonds is 4. The van der Waals surface area contributed by atoms with Gasteiger partial charge in [-0.1, -0.05) is 11.6 Å². The van der Waals surface area contributed by atoms with Crippen LogP contribution in [0.2, 0.25) is 5.02 Å². The Balaban J connectivity index is 1.55. The quantitative estimate of drug-likeness (QED) is 0.631. The first kappa shape index (κ1) is 14.8. The second kappa shape index (κ2) is 6.34. The Hall–Kier alpha value is -1.11. The lowest BCUT2D eigenvalue weighted by molar-refractivity contribution is 0.918. The molecule has 0 aliphatic heterocycles. The molecule has 0 saturated heterocycles. The Morgan fingerprint density at radius 1 is 0.952 bits per heavy atom. The lowest BCUT2D eigenvalue weighted by atomic mass is 10.3. The van der Waals surface area contributed by atoms with E-state index in [4.69, 9.17) is 36.0 Å². The average molecular weight is 341 g/mol. The van der Waals surface area contributed by atoms with Crippen LogP contribution in [0.3, 0.4) is 0 Å². The molecule has 0 spiro atoms.